The Morgan fingerprint density at radius 1 is 1.11 bits per heavy atom. The molecule has 0 aliphatic heterocycles. The summed E-state index contributed by atoms with van der Waals surface area (Å²) in [6, 6.07) is 15.0. The van der Waals surface area contributed by atoms with Crippen molar-refractivity contribution in [2.75, 3.05) is 25.5 Å². The summed E-state index contributed by atoms with van der Waals surface area (Å²) in [4.78, 5) is 26.5. The van der Waals surface area contributed by atoms with Gasteiger partial charge in [-0.05, 0) is 37.1 Å². The average Bonchev–Trinajstić information content (AvgIpc) is 2.67. The fourth-order valence-corrected chi connectivity index (χ4v) is 2.68. The van der Waals surface area contributed by atoms with Gasteiger partial charge < -0.3 is 15.0 Å². The number of carbonyl (C=O) groups is 2. The minimum Gasteiger partial charge on any atom is -0.496 e. The zero-order valence-corrected chi connectivity index (χ0v) is 16.1. The van der Waals surface area contributed by atoms with Crippen molar-refractivity contribution in [3.05, 3.63) is 65.7 Å². The van der Waals surface area contributed by atoms with Crippen LogP contribution in [0.2, 0.25) is 0 Å². The van der Waals surface area contributed by atoms with E-state index in [0.29, 0.717) is 12.3 Å². The number of benzene rings is 2. The Morgan fingerprint density at radius 3 is 2.52 bits per heavy atom. The van der Waals surface area contributed by atoms with Crippen LogP contribution >= 0.6 is 0 Å². The molecule has 2 rings (SSSR count). The highest BCUT2D eigenvalue weighted by Gasteiger charge is 2.15. The third kappa shape index (κ3) is 5.99. The highest BCUT2D eigenvalue weighted by molar-refractivity contribution is 5.98. The van der Waals surface area contributed by atoms with Crippen LogP contribution in [0.1, 0.15) is 24.5 Å². The van der Waals surface area contributed by atoms with Crippen LogP contribution in [0.4, 0.5) is 5.69 Å². The predicted octanol–water partition coefficient (Wildman–Crippen LogP) is 3.89. The normalized spacial score (nSPS) is 10.6. The summed E-state index contributed by atoms with van der Waals surface area (Å²) in [7, 11) is 1.59. The highest BCUT2D eigenvalue weighted by Crippen LogP contribution is 2.19. The Hall–Kier alpha value is -3.08. The molecule has 0 aromatic heterocycles. The summed E-state index contributed by atoms with van der Waals surface area (Å²) < 4.78 is 5.29. The molecule has 2 amide bonds. The first-order valence-corrected chi connectivity index (χ1v) is 9.00. The lowest BCUT2D eigenvalue weighted by Gasteiger charge is -2.20. The summed E-state index contributed by atoms with van der Waals surface area (Å²) in [6.45, 7) is 4.43. The number of anilines is 1. The van der Waals surface area contributed by atoms with Gasteiger partial charge in [0.15, 0.2) is 0 Å². The van der Waals surface area contributed by atoms with Crippen LogP contribution < -0.4 is 10.1 Å². The Labute approximate surface area is 160 Å². The molecule has 0 atom stereocenters. The first kappa shape index (κ1) is 20.2. The number of para-hydroxylation sites is 2. The van der Waals surface area contributed by atoms with Gasteiger partial charge in [0.05, 0.1) is 7.11 Å². The fraction of sp³-hybridized carbons (Fsp3) is 0.273. The minimum atomic E-state index is -0.211. The van der Waals surface area contributed by atoms with Crippen LogP contribution in [-0.4, -0.2) is 36.9 Å². The monoisotopic (exact) mass is 366 g/mol. The second kappa shape index (κ2) is 10.2. The lowest BCUT2D eigenvalue weighted by Crippen LogP contribution is -2.37. The SMILES string of the molecule is CCCN(CC(=O)Nc1ccccc1C)C(=O)/C=C/c1ccccc1OC. The number of hydrogen-bond donors (Lipinski definition) is 1. The maximum absolute atomic E-state index is 12.6. The van der Waals surface area contributed by atoms with E-state index in [1.807, 2.05) is 62.4 Å². The smallest absolute Gasteiger partial charge is 0.247 e. The zero-order valence-electron chi connectivity index (χ0n) is 16.1. The summed E-state index contributed by atoms with van der Waals surface area (Å²) in [6.07, 6.45) is 3.96. The summed E-state index contributed by atoms with van der Waals surface area (Å²) in [5, 5.41) is 2.87. The molecule has 0 aliphatic rings. The first-order chi connectivity index (χ1) is 13.0. The number of nitrogens with zero attached hydrogens (tertiary/aromatic N) is 1. The third-order valence-electron chi connectivity index (χ3n) is 4.10. The third-order valence-corrected chi connectivity index (χ3v) is 4.10. The van der Waals surface area contributed by atoms with Gasteiger partial charge >= 0.3 is 0 Å². The molecule has 27 heavy (non-hydrogen) atoms. The molecule has 0 heterocycles. The van der Waals surface area contributed by atoms with Crippen LogP contribution in [0, 0.1) is 6.92 Å². The standard InChI is InChI=1S/C22H26N2O3/c1-4-15-24(16-21(25)23-19-11-7-5-9-17(19)2)22(26)14-13-18-10-6-8-12-20(18)27-3/h5-14H,4,15-16H2,1-3H3,(H,23,25)/b14-13+. The number of ether oxygens (including phenoxy) is 1. The molecule has 0 fully saturated rings. The maximum Gasteiger partial charge on any atom is 0.247 e. The van der Waals surface area contributed by atoms with Crippen LogP contribution in [0.3, 0.4) is 0 Å². The van der Waals surface area contributed by atoms with Crippen LogP contribution in [0.5, 0.6) is 5.75 Å². The van der Waals surface area contributed by atoms with Gasteiger partial charge in [-0.25, -0.2) is 0 Å². The predicted molar refractivity (Wildman–Crippen MR) is 109 cm³/mol. The van der Waals surface area contributed by atoms with Gasteiger partial charge in [0, 0.05) is 23.9 Å². The number of aryl methyl sites for hydroxylation is 1. The molecule has 2 aromatic rings. The van der Waals surface area contributed by atoms with Crippen molar-refractivity contribution in [1.82, 2.24) is 4.90 Å². The average molecular weight is 366 g/mol. The molecule has 1 N–H and O–H groups in total. The van der Waals surface area contributed by atoms with Crippen molar-refractivity contribution >= 4 is 23.6 Å². The van der Waals surface area contributed by atoms with E-state index < -0.39 is 0 Å². The van der Waals surface area contributed by atoms with Crippen LogP contribution in [-0.2, 0) is 9.59 Å². The molecule has 142 valence electrons. The quantitative estimate of drug-likeness (QED) is 0.721. The molecular formula is C22H26N2O3. The number of nitrogens with one attached hydrogen (secondary N) is 1. The Kier molecular flexibility index (Phi) is 7.62. The molecule has 5 heteroatoms. The van der Waals surface area contributed by atoms with E-state index in [9.17, 15) is 9.59 Å². The topological polar surface area (TPSA) is 58.6 Å². The Balaban J connectivity index is 2.05. The molecule has 0 radical (unpaired) electrons. The maximum atomic E-state index is 12.6. The van der Waals surface area contributed by atoms with Gasteiger partial charge in [-0.15, -0.1) is 0 Å². The lowest BCUT2D eigenvalue weighted by molar-refractivity contribution is -0.130. The number of hydrogen-bond acceptors (Lipinski definition) is 3. The molecule has 0 spiro atoms. The van der Waals surface area contributed by atoms with Crippen molar-refractivity contribution in [3.8, 4) is 5.75 Å². The van der Waals surface area contributed by atoms with E-state index in [4.69, 9.17) is 4.74 Å². The number of rotatable bonds is 8. The van der Waals surface area contributed by atoms with E-state index in [1.54, 1.807) is 18.1 Å². The molecule has 0 aliphatic carbocycles. The molecule has 5 nitrogen and oxygen atoms in total. The van der Waals surface area contributed by atoms with Gasteiger partial charge in [-0.3, -0.25) is 9.59 Å². The largest absolute Gasteiger partial charge is 0.496 e. The number of methoxy groups -OCH3 is 1. The highest BCUT2D eigenvalue weighted by atomic mass is 16.5. The van der Waals surface area contributed by atoms with Gasteiger partial charge in [0.2, 0.25) is 11.8 Å². The van der Waals surface area contributed by atoms with Crippen molar-refractivity contribution in [2.24, 2.45) is 0 Å². The number of carbonyl (C=O) groups excluding carboxylic acids is 2. The second-order valence-corrected chi connectivity index (χ2v) is 6.20. The van der Waals surface area contributed by atoms with Crippen LogP contribution in [0.25, 0.3) is 6.08 Å². The van der Waals surface area contributed by atoms with E-state index in [0.717, 1.165) is 23.2 Å². The number of amides is 2. The molecule has 2 aromatic carbocycles. The summed E-state index contributed by atoms with van der Waals surface area (Å²) in [5.74, 6) is 0.278. The van der Waals surface area contributed by atoms with Gasteiger partial charge in [-0.2, -0.15) is 0 Å². The first-order valence-electron chi connectivity index (χ1n) is 9.00. The van der Waals surface area contributed by atoms with Gasteiger partial charge in [0.1, 0.15) is 12.3 Å². The van der Waals surface area contributed by atoms with Crippen molar-refractivity contribution in [2.45, 2.75) is 20.3 Å². The van der Waals surface area contributed by atoms with Crippen molar-refractivity contribution < 1.29 is 14.3 Å². The van der Waals surface area contributed by atoms with Gasteiger partial charge in [-0.1, -0.05) is 43.3 Å². The fourth-order valence-electron chi connectivity index (χ4n) is 2.68. The zero-order chi connectivity index (χ0) is 19.6. The minimum absolute atomic E-state index is 0.0112. The lowest BCUT2D eigenvalue weighted by atomic mass is 10.2. The van der Waals surface area contributed by atoms with Gasteiger partial charge in [0.25, 0.3) is 0 Å². The van der Waals surface area contributed by atoms with Crippen molar-refractivity contribution in [3.63, 3.8) is 0 Å². The van der Waals surface area contributed by atoms with Crippen molar-refractivity contribution in [1.29, 1.82) is 0 Å². The summed E-state index contributed by atoms with van der Waals surface area (Å²) >= 11 is 0. The molecule has 0 bridgehead atoms. The molecule has 0 unspecified atom stereocenters. The summed E-state index contributed by atoms with van der Waals surface area (Å²) in [5.41, 5.74) is 2.56. The molecule has 0 saturated heterocycles. The Bertz CT molecular complexity index is 815. The Morgan fingerprint density at radius 2 is 1.81 bits per heavy atom. The second-order valence-electron chi connectivity index (χ2n) is 6.20. The van der Waals surface area contributed by atoms with E-state index in [2.05, 4.69) is 5.32 Å². The molecular weight excluding hydrogens is 340 g/mol. The van der Waals surface area contributed by atoms with E-state index >= 15 is 0 Å². The van der Waals surface area contributed by atoms with Crippen LogP contribution in [0.15, 0.2) is 54.6 Å². The molecule has 0 saturated carbocycles. The van der Waals surface area contributed by atoms with E-state index in [-0.39, 0.29) is 18.4 Å². The van der Waals surface area contributed by atoms with E-state index in [1.165, 1.54) is 6.08 Å².